The highest BCUT2D eigenvalue weighted by atomic mass is 16.5. The van der Waals surface area contributed by atoms with Gasteiger partial charge in [0.2, 0.25) is 0 Å². The van der Waals surface area contributed by atoms with E-state index in [-0.39, 0.29) is 18.8 Å². The van der Waals surface area contributed by atoms with Gasteiger partial charge in [0.1, 0.15) is 12.4 Å². The molecule has 0 spiro atoms. The van der Waals surface area contributed by atoms with Crippen LogP contribution < -0.4 is 10.1 Å². The number of terminal acetylenes is 1. The number of ether oxygens (including phenoxy) is 1. The molecule has 21 heavy (non-hydrogen) atoms. The lowest BCUT2D eigenvalue weighted by Gasteiger charge is -2.25. The van der Waals surface area contributed by atoms with Gasteiger partial charge < -0.3 is 15.2 Å². The molecule has 0 fully saturated rings. The lowest BCUT2D eigenvalue weighted by atomic mass is 10.0. The van der Waals surface area contributed by atoms with Crippen molar-refractivity contribution < 1.29 is 9.84 Å². The third-order valence-electron chi connectivity index (χ3n) is 3.45. The zero-order valence-electron chi connectivity index (χ0n) is 12.5. The summed E-state index contributed by atoms with van der Waals surface area (Å²) in [4.78, 5) is 0. The molecule has 0 aliphatic rings. The Balaban J connectivity index is 2.38. The zero-order chi connectivity index (χ0) is 15.3. The van der Waals surface area contributed by atoms with Gasteiger partial charge in [-0.1, -0.05) is 36.3 Å². The summed E-state index contributed by atoms with van der Waals surface area (Å²) in [5.74, 6) is 3.28. The van der Waals surface area contributed by atoms with E-state index >= 15 is 0 Å². The van der Waals surface area contributed by atoms with Crippen LogP contribution >= 0.6 is 0 Å². The van der Waals surface area contributed by atoms with E-state index in [0.29, 0.717) is 6.54 Å². The largest absolute Gasteiger partial charge is 0.481 e. The lowest BCUT2D eigenvalue weighted by Crippen LogP contribution is -2.42. The summed E-state index contributed by atoms with van der Waals surface area (Å²) in [5.41, 5.74) is 0.713. The lowest BCUT2D eigenvalue weighted by molar-refractivity contribution is 0.187. The normalized spacial score (nSPS) is 11.3. The van der Waals surface area contributed by atoms with Gasteiger partial charge in [-0.3, -0.25) is 0 Å². The van der Waals surface area contributed by atoms with Crippen molar-refractivity contribution in [1.29, 1.82) is 0 Å². The molecule has 2 rings (SSSR count). The first kappa shape index (κ1) is 15.4. The second-order valence-corrected chi connectivity index (χ2v) is 5.65. The van der Waals surface area contributed by atoms with Crippen molar-refractivity contribution in [3.05, 3.63) is 42.0 Å². The maximum absolute atomic E-state index is 9.38. The number of aliphatic hydroxyl groups excluding tert-OH is 1. The fraction of sp³-hybridized carbons (Fsp3) is 0.333. The van der Waals surface area contributed by atoms with E-state index in [1.54, 1.807) is 0 Å². The van der Waals surface area contributed by atoms with Crippen LogP contribution in [0.15, 0.2) is 36.4 Å². The molecule has 0 atom stereocenters. The summed E-state index contributed by atoms with van der Waals surface area (Å²) in [5, 5.41) is 15.0. The number of nitrogens with one attached hydrogen (secondary N) is 1. The molecule has 0 saturated carbocycles. The second-order valence-electron chi connectivity index (χ2n) is 5.65. The first-order chi connectivity index (χ1) is 10.1. The highest BCUT2D eigenvalue weighted by Crippen LogP contribution is 2.28. The van der Waals surface area contributed by atoms with Crippen LogP contribution in [0.5, 0.6) is 5.75 Å². The first-order valence-electron chi connectivity index (χ1n) is 7.00. The Morgan fingerprint density at radius 3 is 2.71 bits per heavy atom. The van der Waals surface area contributed by atoms with Crippen LogP contribution in [-0.4, -0.2) is 23.9 Å². The van der Waals surface area contributed by atoms with Gasteiger partial charge in [-0.2, -0.15) is 0 Å². The number of fused-ring (bicyclic) bond motifs is 1. The van der Waals surface area contributed by atoms with Crippen molar-refractivity contribution in [2.45, 2.75) is 25.9 Å². The molecule has 2 N–H and O–H groups in total. The highest BCUT2D eigenvalue weighted by Gasteiger charge is 2.17. The SMILES string of the molecule is C#CCOc1ccc2ccccc2c1CNC(C)(C)CO. The highest BCUT2D eigenvalue weighted by molar-refractivity contribution is 5.87. The number of benzene rings is 2. The molecule has 2 aromatic rings. The van der Waals surface area contributed by atoms with Gasteiger partial charge >= 0.3 is 0 Å². The Hall–Kier alpha value is -2.02. The number of hydrogen-bond acceptors (Lipinski definition) is 3. The van der Waals surface area contributed by atoms with Crippen LogP contribution in [0.2, 0.25) is 0 Å². The predicted molar refractivity (Wildman–Crippen MR) is 86.3 cm³/mol. The van der Waals surface area contributed by atoms with E-state index in [1.807, 2.05) is 38.1 Å². The molecular formula is C18H21NO2. The molecule has 3 nitrogen and oxygen atoms in total. The Morgan fingerprint density at radius 2 is 2.00 bits per heavy atom. The topological polar surface area (TPSA) is 41.5 Å². The van der Waals surface area contributed by atoms with Crippen LogP contribution in [-0.2, 0) is 6.54 Å². The molecule has 0 bridgehead atoms. The van der Waals surface area contributed by atoms with Crippen LogP contribution in [0.1, 0.15) is 19.4 Å². The minimum Gasteiger partial charge on any atom is -0.481 e. The smallest absolute Gasteiger partial charge is 0.148 e. The van der Waals surface area contributed by atoms with Gasteiger partial charge in [-0.05, 0) is 30.7 Å². The number of aliphatic hydroxyl groups is 1. The van der Waals surface area contributed by atoms with Crippen molar-refractivity contribution in [3.63, 3.8) is 0 Å². The minimum atomic E-state index is -0.347. The van der Waals surface area contributed by atoms with Crippen molar-refractivity contribution in [2.24, 2.45) is 0 Å². The average molecular weight is 283 g/mol. The molecule has 0 amide bonds. The maximum atomic E-state index is 9.38. The van der Waals surface area contributed by atoms with Gasteiger partial charge in [-0.15, -0.1) is 6.42 Å². The van der Waals surface area contributed by atoms with Crippen molar-refractivity contribution in [3.8, 4) is 18.1 Å². The zero-order valence-corrected chi connectivity index (χ0v) is 12.5. The summed E-state index contributed by atoms with van der Waals surface area (Å²) in [6, 6.07) is 12.1. The summed E-state index contributed by atoms with van der Waals surface area (Å²) in [6.07, 6.45) is 5.28. The fourth-order valence-corrected chi connectivity index (χ4v) is 2.14. The van der Waals surface area contributed by atoms with Gasteiger partial charge in [0.05, 0.1) is 6.61 Å². The molecule has 3 heteroatoms. The Kier molecular flexibility index (Phi) is 4.85. The van der Waals surface area contributed by atoms with Crippen molar-refractivity contribution in [1.82, 2.24) is 5.32 Å². The van der Waals surface area contributed by atoms with Gasteiger partial charge in [0.25, 0.3) is 0 Å². The summed E-state index contributed by atoms with van der Waals surface area (Å²) < 4.78 is 5.65. The quantitative estimate of drug-likeness (QED) is 0.801. The Morgan fingerprint density at radius 1 is 1.24 bits per heavy atom. The average Bonchev–Trinajstić information content (AvgIpc) is 2.51. The first-order valence-corrected chi connectivity index (χ1v) is 7.00. The van der Waals surface area contributed by atoms with Crippen molar-refractivity contribution in [2.75, 3.05) is 13.2 Å². The molecule has 2 aromatic carbocycles. The van der Waals surface area contributed by atoms with Crippen LogP contribution in [0.25, 0.3) is 10.8 Å². The molecule has 0 aliphatic carbocycles. The van der Waals surface area contributed by atoms with Crippen LogP contribution in [0.4, 0.5) is 0 Å². The number of rotatable bonds is 6. The molecule has 0 saturated heterocycles. The van der Waals surface area contributed by atoms with Gasteiger partial charge in [0.15, 0.2) is 0 Å². The molecule has 0 aliphatic heterocycles. The van der Waals surface area contributed by atoms with E-state index in [4.69, 9.17) is 11.2 Å². The predicted octanol–water partition coefficient (Wildman–Crippen LogP) is 2.71. The summed E-state index contributed by atoms with van der Waals surface area (Å²) in [6.45, 7) is 4.84. The van der Waals surface area contributed by atoms with E-state index < -0.39 is 0 Å². The summed E-state index contributed by atoms with van der Waals surface area (Å²) >= 11 is 0. The van der Waals surface area contributed by atoms with Crippen LogP contribution in [0.3, 0.4) is 0 Å². The third kappa shape index (κ3) is 3.75. The molecule has 0 aromatic heterocycles. The van der Waals surface area contributed by atoms with E-state index in [1.165, 1.54) is 0 Å². The molecule has 0 unspecified atom stereocenters. The minimum absolute atomic E-state index is 0.0678. The molecule has 0 radical (unpaired) electrons. The Labute approximate surface area is 125 Å². The fourth-order valence-electron chi connectivity index (χ4n) is 2.14. The monoisotopic (exact) mass is 283 g/mol. The standard InChI is InChI=1S/C18H21NO2/c1-4-11-21-17-10-9-14-7-5-6-8-15(14)16(17)12-19-18(2,3)13-20/h1,5-10,19-20H,11-13H2,2-3H3. The van der Waals surface area contributed by atoms with E-state index in [9.17, 15) is 5.11 Å². The van der Waals surface area contributed by atoms with Gasteiger partial charge in [-0.25, -0.2) is 0 Å². The van der Waals surface area contributed by atoms with E-state index in [0.717, 1.165) is 22.1 Å². The molecular weight excluding hydrogens is 262 g/mol. The molecule has 110 valence electrons. The maximum Gasteiger partial charge on any atom is 0.148 e. The van der Waals surface area contributed by atoms with Crippen molar-refractivity contribution >= 4 is 10.8 Å². The van der Waals surface area contributed by atoms with Crippen LogP contribution in [0, 0.1) is 12.3 Å². The second kappa shape index (κ2) is 6.62. The molecule has 0 heterocycles. The van der Waals surface area contributed by atoms with Gasteiger partial charge in [0, 0.05) is 17.6 Å². The Bertz CT molecular complexity index is 656. The number of hydrogen-bond donors (Lipinski definition) is 2. The van der Waals surface area contributed by atoms with E-state index in [2.05, 4.69) is 23.4 Å². The summed E-state index contributed by atoms with van der Waals surface area (Å²) in [7, 11) is 0. The third-order valence-corrected chi connectivity index (χ3v) is 3.45.